The van der Waals surface area contributed by atoms with Gasteiger partial charge in [-0.15, -0.1) is 0 Å². The van der Waals surface area contributed by atoms with Gasteiger partial charge in [0.25, 0.3) is 0 Å². The SMILES string of the molecule is CC1COc2cc(CCO)ccc21. The molecule has 0 bridgehead atoms. The van der Waals surface area contributed by atoms with Crippen LogP contribution in [0.15, 0.2) is 18.2 Å². The summed E-state index contributed by atoms with van der Waals surface area (Å²) in [5.41, 5.74) is 2.44. The van der Waals surface area contributed by atoms with Crippen molar-refractivity contribution in [1.82, 2.24) is 0 Å². The first-order chi connectivity index (χ1) is 6.31. The standard InChI is InChI=1S/C11H14O2/c1-8-7-13-11-6-9(4-5-12)2-3-10(8)11/h2-3,6,8,12H,4-5,7H2,1H3. The monoisotopic (exact) mass is 178 g/mol. The summed E-state index contributed by atoms with van der Waals surface area (Å²) in [5, 5.41) is 8.78. The van der Waals surface area contributed by atoms with Gasteiger partial charge < -0.3 is 9.84 Å². The Morgan fingerprint density at radius 1 is 1.54 bits per heavy atom. The summed E-state index contributed by atoms with van der Waals surface area (Å²) in [6.07, 6.45) is 0.713. The number of hydrogen-bond donors (Lipinski definition) is 1. The van der Waals surface area contributed by atoms with Crippen molar-refractivity contribution in [1.29, 1.82) is 0 Å². The first-order valence-corrected chi connectivity index (χ1v) is 4.67. The van der Waals surface area contributed by atoms with Crippen molar-refractivity contribution in [2.45, 2.75) is 19.3 Å². The van der Waals surface area contributed by atoms with Crippen LogP contribution >= 0.6 is 0 Å². The quantitative estimate of drug-likeness (QED) is 0.747. The molecule has 13 heavy (non-hydrogen) atoms. The van der Waals surface area contributed by atoms with Crippen LogP contribution < -0.4 is 4.74 Å². The first-order valence-electron chi connectivity index (χ1n) is 4.67. The minimum atomic E-state index is 0.203. The van der Waals surface area contributed by atoms with E-state index in [1.165, 1.54) is 5.56 Å². The zero-order valence-electron chi connectivity index (χ0n) is 7.79. The molecule has 70 valence electrons. The van der Waals surface area contributed by atoms with Crippen molar-refractivity contribution in [2.75, 3.05) is 13.2 Å². The molecule has 1 aromatic carbocycles. The first kappa shape index (κ1) is 8.57. The molecular formula is C11H14O2. The molecule has 1 N–H and O–H groups in total. The second-order valence-corrected chi connectivity index (χ2v) is 3.56. The zero-order valence-corrected chi connectivity index (χ0v) is 7.79. The lowest BCUT2D eigenvalue weighted by Crippen LogP contribution is -1.93. The Hall–Kier alpha value is -1.02. The number of aliphatic hydroxyl groups excluding tert-OH is 1. The Morgan fingerprint density at radius 3 is 3.15 bits per heavy atom. The molecule has 0 aromatic heterocycles. The molecule has 2 rings (SSSR count). The fourth-order valence-corrected chi connectivity index (χ4v) is 1.70. The Bertz CT molecular complexity index is 307. The van der Waals surface area contributed by atoms with Crippen molar-refractivity contribution in [2.24, 2.45) is 0 Å². The van der Waals surface area contributed by atoms with Gasteiger partial charge in [0.1, 0.15) is 5.75 Å². The molecule has 1 aromatic rings. The van der Waals surface area contributed by atoms with Gasteiger partial charge >= 0.3 is 0 Å². The van der Waals surface area contributed by atoms with Crippen LogP contribution in [0.25, 0.3) is 0 Å². The highest BCUT2D eigenvalue weighted by atomic mass is 16.5. The normalized spacial score (nSPS) is 19.7. The van der Waals surface area contributed by atoms with Crippen LogP contribution in [0.5, 0.6) is 5.75 Å². The topological polar surface area (TPSA) is 29.5 Å². The van der Waals surface area contributed by atoms with Crippen LogP contribution in [-0.2, 0) is 6.42 Å². The third kappa shape index (κ3) is 1.54. The number of benzene rings is 1. The maximum Gasteiger partial charge on any atom is 0.123 e. The lowest BCUT2D eigenvalue weighted by molar-refractivity contribution is 0.299. The lowest BCUT2D eigenvalue weighted by Gasteiger charge is -2.03. The molecule has 0 spiro atoms. The van der Waals surface area contributed by atoms with Crippen molar-refractivity contribution in [3.63, 3.8) is 0 Å². The van der Waals surface area contributed by atoms with Crippen molar-refractivity contribution in [3.05, 3.63) is 29.3 Å². The summed E-state index contributed by atoms with van der Waals surface area (Å²) in [6.45, 7) is 3.16. The van der Waals surface area contributed by atoms with Gasteiger partial charge in [-0.3, -0.25) is 0 Å². The fourth-order valence-electron chi connectivity index (χ4n) is 1.70. The van der Waals surface area contributed by atoms with Crippen LogP contribution in [0.1, 0.15) is 24.0 Å². The highest BCUT2D eigenvalue weighted by Crippen LogP contribution is 2.33. The molecule has 0 aliphatic carbocycles. The molecule has 2 heteroatoms. The van der Waals surface area contributed by atoms with E-state index in [9.17, 15) is 0 Å². The minimum Gasteiger partial charge on any atom is -0.493 e. The maximum atomic E-state index is 8.78. The van der Waals surface area contributed by atoms with E-state index in [1.54, 1.807) is 0 Å². The average molecular weight is 178 g/mol. The van der Waals surface area contributed by atoms with Gasteiger partial charge in [0.05, 0.1) is 6.61 Å². The van der Waals surface area contributed by atoms with E-state index >= 15 is 0 Å². The van der Waals surface area contributed by atoms with Gasteiger partial charge in [-0.05, 0) is 18.1 Å². The Labute approximate surface area is 78.2 Å². The molecule has 1 aliphatic heterocycles. The molecule has 1 unspecified atom stereocenters. The van der Waals surface area contributed by atoms with Crippen molar-refractivity contribution < 1.29 is 9.84 Å². The van der Waals surface area contributed by atoms with Gasteiger partial charge in [-0.25, -0.2) is 0 Å². The van der Waals surface area contributed by atoms with Crippen LogP contribution in [-0.4, -0.2) is 18.3 Å². The lowest BCUT2D eigenvalue weighted by atomic mass is 10.0. The number of fused-ring (bicyclic) bond motifs is 1. The number of aliphatic hydroxyl groups is 1. The van der Waals surface area contributed by atoms with Gasteiger partial charge in [-0.1, -0.05) is 19.1 Å². The Balaban J connectivity index is 2.29. The largest absolute Gasteiger partial charge is 0.493 e. The number of ether oxygens (including phenoxy) is 1. The van der Waals surface area contributed by atoms with Gasteiger partial charge in [0.2, 0.25) is 0 Å². The fraction of sp³-hybridized carbons (Fsp3) is 0.455. The molecule has 0 saturated heterocycles. The second kappa shape index (κ2) is 3.38. The molecule has 0 radical (unpaired) electrons. The van der Waals surface area contributed by atoms with E-state index in [4.69, 9.17) is 9.84 Å². The maximum absolute atomic E-state index is 8.78. The smallest absolute Gasteiger partial charge is 0.123 e. The van der Waals surface area contributed by atoms with Gasteiger partial charge in [0.15, 0.2) is 0 Å². The highest BCUT2D eigenvalue weighted by molar-refractivity contribution is 5.42. The molecule has 1 atom stereocenters. The summed E-state index contributed by atoms with van der Waals surface area (Å²) < 4.78 is 5.52. The van der Waals surface area contributed by atoms with E-state index in [1.807, 2.05) is 6.07 Å². The van der Waals surface area contributed by atoms with Crippen molar-refractivity contribution in [3.8, 4) is 5.75 Å². The molecule has 1 aliphatic rings. The molecule has 0 saturated carbocycles. The molecule has 0 amide bonds. The Morgan fingerprint density at radius 2 is 2.38 bits per heavy atom. The third-order valence-corrected chi connectivity index (χ3v) is 2.50. The van der Waals surface area contributed by atoms with Crippen LogP contribution in [0.4, 0.5) is 0 Å². The number of rotatable bonds is 2. The van der Waals surface area contributed by atoms with E-state index in [0.717, 1.165) is 17.9 Å². The molecule has 1 heterocycles. The third-order valence-electron chi connectivity index (χ3n) is 2.50. The highest BCUT2D eigenvalue weighted by Gasteiger charge is 2.19. The van der Waals surface area contributed by atoms with Crippen LogP contribution in [0.3, 0.4) is 0 Å². The summed E-state index contributed by atoms with van der Waals surface area (Å²) in [4.78, 5) is 0. The number of hydrogen-bond acceptors (Lipinski definition) is 2. The molecule has 0 fully saturated rings. The van der Waals surface area contributed by atoms with Gasteiger partial charge in [-0.2, -0.15) is 0 Å². The summed E-state index contributed by atoms with van der Waals surface area (Å²) in [5.74, 6) is 1.51. The van der Waals surface area contributed by atoms with E-state index in [0.29, 0.717) is 12.3 Å². The average Bonchev–Trinajstić information content (AvgIpc) is 2.48. The van der Waals surface area contributed by atoms with E-state index in [2.05, 4.69) is 19.1 Å². The second-order valence-electron chi connectivity index (χ2n) is 3.56. The van der Waals surface area contributed by atoms with Gasteiger partial charge in [0, 0.05) is 18.1 Å². The Kier molecular flexibility index (Phi) is 2.23. The van der Waals surface area contributed by atoms with E-state index in [-0.39, 0.29) is 6.61 Å². The van der Waals surface area contributed by atoms with E-state index < -0.39 is 0 Å². The zero-order chi connectivity index (χ0) is 9.26. The predicted octanol–water partition coefficient (Wildman–Crippen LogP) is 1.72. The summed E-state index contributed by atoms with van der Waals surface area (Å²) in [7, 11) is 0. The summed E-state index contributed by atoms with van der Waals surface area (Å²) in [6, 6.07) is 6.22. The molecule has 2 nitrogen and oxygen atoms in total. The van der Waals surface area contributed by atoms with Crippen LogP contribution in [0.2, 0.25) is 0 Å². The molecular weight excluding hydrogens is 164 g/mol. The predicted molar refractivity (Wildman–Crippen MR) is 51.1 cm³/mol. The van der Waals surface area contributed by atoms with Crippen LogP contribution in [0, 0.1) is 0 Å². The summed E-state index contributed by atoms with van der Waals surface area (Å²) >= 11 is 0. The minimum absolute atomic E-state index is 0.203. The van der Waals surface area contributed by atoms with Crippen molar-refractivity contribution >= 4 is 0 Å².